The van der Waals surface area contributed by atoms with Gasteiger partial charge in [0.25, 0.3) is 7.82 Å². The molecule has 0 saturated carbocycles. The molecule has 0 aliphatic carbocycles. The number of unbranched alkanes of at least 4 members (excludes halogenated alkanes) is 20. The third-order valence-corrected chi connectivity index (χ3v) is 9.21. The Hall–Kier alpha value is -0.760. The van der Waals surface area contributed by atoms with Gasteiger partial charge in [-0.2, -0.15) is 0 Å². The van der Waals surface area contributed by atoms with Gasteiger partial charge in [0.15, 0.2) is 0 Å². The van der Waals surface area contributed by atoms with E-state index in [-0.39, 0.29) is 19.1 Å². The molecule has 0 rings (SSSR count). The van der Waals surface area contributed by atoms with Crippen LogP contribution in [0.15, 0.2) is 12.2 Å². The van der Waals surface area contributed by atoms with Gasteiger partial charge in [0, 0.05) is 6.42 Å². The predicted molar refractivity (Wildman–Crippen MR) is 187 cm³/mol. The molecule has 0 aromatic carbocycles. The molecule has 0 aliphatic rings. The Morgan fingerprint density at radius 2 is 1.20 bits per heavy atom. The summed E-state index contributed by atoms with van der Waals surface area (Å²) in [5.41, 5.74) is 0. The van der Waals surface area contributed by atoms with Gasteiger partial charge in [0.05, 0.1) is 39.9 Å². The maximum absolute atomic E-state index is 12.6. The molecule has 8 nitrogen and oxygen atoms in total. The number of hydrogen-bond donors (Lipinski definition) is 2. The van der Waals surface area contributed by atoms with Gasteiger partial charge in [-0.1, -0.05) is 148 Å². The number of nitrogens with one attached hydrogen (secondary N) is 1. The van der Waals surface area contributed by atoms with Crippen LogP contribution in [-0.2, 0) is 18.4 Å². The van der Waals surface area contributed by atoms with Crippen molar-refractivity contribution in [3.05, 3.63) is 12.2 Å². The summed E-state index contributed by atoms with van der Waals surface area (Å²) >= 11 is 0. The minimum absolute atomic E-state index is 0.00120. The normalized spacial score (nSPS) is 14.9. The van der Waals surface area contributed by atoms with E-state index in [1.807, 2.05) is 27.2 Å². The van der Waals surface area contributed by atoms with Crippen molar-refractivity contribution in [1.29, 1.82) is 0 Å². The number of nitrogens with zero attached hydrogens (tertiary/aromatic N) is 1. The van der Waals surface area contributed by atoms with Crippen molar-refractivity contribution in [2.75, 3.05) is 40.9 Å². The Kier molecular flexibility index (Phi) is 28.9. The second-order valence-electron chi connectivity index (χ2n) is 13.9. The lowest BCUT2D eigenvalue weighted by atomic mass is 10.0. The largest absolute Gasteiger partial charge is 0.756 e. The van der Waals surface area contributed by atoms with E-state index in [9.17, 15) is 19.4 Å². The fourth-order valence-corrected chi connectivity index (χ4v) is 5.93. The number of carbonyl (C=O) groups is 1. The highest BCUT2D eigenvalue weighted by molar-refractivity contribution is 7.45. The molecule has 1 unspecified atom stereocenters. The fraction of sp³-hybridized carbons (Fsp3) is 0.917. The summed E-state index contributed by atoms with van der Waals surface area (Å²) in [6.07, 6.45) is 29.8. The van der Waals surface area contributed by atoms with Gasteiger partial charge >= 0.3 is 0 Å². The van der Waals surface area contributed by atoms with Gasteiger partial charge < -0.3 is 28.8 Å². The standard InChI is InChI=1S/C36H73N2O6P/c1-6-8-10-12-14-15-16-17-18-19-20-21-22-24-25-27-29-35(39)34(33-44-45(41,42)43-32-31-38(3,4)5)37-36(40)30-28-26-23-13-11-9-7-2/h27,29,34-35,39H,6-26,28,30-33H2,1-5H3,(H-,37,40,41,42)/b29-27+/t34-,35+/m1/s1. The Morgan fingerprint density at radius 3 is 1.67 bits per heavy atom. The molecule has 45 heavy (non-hydrogen) atoms. The molecule has 0 heterocycles. The van der Waals surface area contributed by atoms with E-state index < -0.39 is 20.0 Å². The molecular weight excluding hydrogens is 587 g/mol. The SMILES string of the molecule is CCCCCCCCCCCCCCCC/C=C/[C@H](O)[C@@H](COP(=O)([O-])OCC[N+](C)(C)C)NC(=O)CCCCCCCCC. The Labute approximate surface area is 278 Å². The number of amides is 1. The molecule has 0 fully saturated rings. The summed E-state index contributed by atoms with van der Waals surface area (Å²) in [6.45, 7) is 4.58. The van der Waals surface area contributed by atoms with Crippen molar-refractivity contribution >= 4 is 13.7 Å². The molecule has 9 heteroatoms. The zero-order chi connectivity index (χ0) is 33.7. The molecule has 2 N–H and O–H groups in total. The lowest BCUT2D eigenvalue weighted by Gasteiger charge is -2.29. The van der Waals surface area contributed by atoms with Crippen LogP contribution >= 0.6 is 7.82 Å². The zero-order valence-corrected chi connectivity index (χ0v) is 31.0. The van der Waals surface area contributed by atoms with Crippen molar-refractivity contribution in [3.63, 3.8) is 0 Å². The maximum atomic E-state index is 12.6. The number of aliphatic hydroxyl groups excluding tert-OH is 1. The van der Waals surface area contributed by atoms with Crippen molar-refractivity contribution < 1.29 is 32.9 Å². The van der Waals surface area contributed by atoms with Crippen LogP contribution in [-0.4, -0.2) is 68.5 Å². The van der Waals surface area contributed by atoms with E-state index in [4.69, 9.17) is 9.05 Å². The minimum Gasteiger partial charge on any atom is -0.756 e. The van der Waals surface area contributed by atoms with Crippen molar-refractivity contribution in [2.24, 2.45) is 0 Å². The molecule has 0 aromatic heterocycles. The van der Waals surface area contributed by atoms with Gasteiger partial charge in [-0.25, -0.2) is 0 Å². The first kappa shape index (κ1) is 44.2. The highest BCUT2D eigenvalue weighted by atomic mass is 31.2. The number of hydrogen-bond acceptors (Lipinski definition) is 6. The molecule has 3 atom stereocenters. The Bertz CT molecular complexity index is 758. The molecule has 0 spiro atoms. The van der Waals surface area contributed by atoms with E-state index in [0.717, 1.165) is 38.5 Å². The number of phosphoric ester groups is 1. The number of phosphoric acid groups is 1. The van der Waals surface area contributed by atoms with Crippen LogP contribution in [0.5, 0.6) is 0 Å². The summed E-state index contributed by atoms with van der Waals surface area (Å²) in [7, 11) is 1.26. The average molecular weight is 661 g/mol. The molecule has 0 bridgehead atoms. The highest BCUT2D eigenvalue weighted by Crippen LogP contribution is 2.38. The molecule has 0 aliphatic heterocycles. The number of likely N-dealkylation sites (N-methyl/N-ethyl adjacent to an activating group) is 1. The summed E-state index contributed by atoms with van der Waals surface area (Å²) in [5.74, 6) is -0.205. The first-order chi connectivity index (χ1) is 21.5. The van der Waals surface area contributed by atoms with Gasteiger partial charge in [0.2, 0.25) is 5.91 Å². The lowest BCUT2D eigenvalue weighted by molar-refractivity contribution is -0.870. The van der Waals surface area contributed by atoms with Gasteiger partial charge in [-0.3, -0.25) is 9.36 Å². The van der Waals surface area contributed by atoms with E-state index in [2.05, 4.69) is 19.2 Å². The second-order valence-corrected chi connectivity index (χ2v) is 15.3. The Morgan fingerprint density at radius 1 is 0.756 bits per heavy atom. The number of rotatable bonds is 33. The third kappa shape index (κ3) is 31.6. The fourth-order valence-electron chi connectivity index (χ4n) is 5.21. The van der Waals surface area contributed by atoms with E-state index in [1.54, 1.807) is 6.08 Å². The molecule has 268 valence electrons. The van der Waals surface area contributed by atoms with E-state index >= 15 is 0 Å². The van der Waals surface area contributed by atoms with Crippen LogP contribution in [0.1, 0.15) is 162 Å². The Balaban J connectivity index is 4.46. The molecule has 0 saturated heterocycles. The zero-order valence-electron chi connectivity index (χ0n) is 30.1. The van der Waals surface area contributed by atoms with Crippen molar-refractivity contribution in [2.45, 2.75) is 174 Å². The number of carbonyl (C=O) groups excluding carboxylic acids is 1. The summed E-state index contributed by atoms with van der Waals surface area (Å²) in [5, 5.41) is 13.6. The van der Waals surface area contributed by atoms with Gasteiger partial charge in [0.1, 0.15) is 13.2 Å². The quantitative estimate of drug-likeness (QED) is 0.0316. The van der Waals surface area contributed by atoms with Crippen molar-refractivity contribution in [3.8, 4) is 0 Å². The summed E-state index contributed by atoms with van der Waals surface area (Å²) in [6, 6.07) is -0.876. The average Bonchev–Trinajstić information content (AvgIpc) is 2.97. The predicted octanol–water partition coefficient (Wildman–Crippen LogP) is 8.61. The molecular formula is C36H73N2O6P. The summed E-state index contributed by atoms with van der Waals surface area (Å²) < 4.78 is 23.0. The number of allylic oxidation sites excluding steroid dienone is 1. The highest BCUT2D eigenvalue weighted by Gasteiger charge is 2.23. The number of quaternary nitrogens is 1. The first-order valence-electron chi connectivity index (χ1n) is 18.6. The van der Waals surface area contributed by atoms with Crippen LogP contribution in [0.2, 0.25) is 0 Å². The van der Waals surface area contributed by atoms with E-state index in [0.29, 0.717) is 17.4 Å². The minimum atomic E-state index is -4.57. The van der Waals surface area contributed by atoms with Crippen LogP contribution < -0.4 is 10.2 Å². The topological polar surface area (TPSA) is 108 Å². The lowest BCUT2D eigenvalue weighted by Crippen LogP contribution is -2.45. The van der Waals surface area contributed by atoms with E-state index in [1.165, 1.54) is 103 Å². The summed E-state index contributed by atoms with van der Waals surface area (Å²) in [4.78, 5) is 25.0. The first-order valence-corrected chi connectivity index (χ1v) is 20.0. The van der Waals surface area contributed by atoms with Crippen LogP contribution in [0, 0.1) is 0 Å². The molecule has 0 radical (unpaired) electrons. The maximum Gasteiger partial charge on any atom is 0.268 e. The monoisotopic (exact) mass is 661 g/mol. The van der Waals surface area contributed by atoms with Gasteiger partial charge in [-0.05, 0) is 19.3 Å². The smallest absolute Gasteiger partial charge is 0.268 e. The third-order valence-electron chi connectivity index (χ3n) is 8.25. The second kappa shape index (κ2) is 29.4. The van der Waals surface area contributed by atoms with Crippen LogP contribution in [0.25, 0.3) is 0 Å². The van der Waals surface area contributed by atoms with Crippen LogP contribution in [0.3, 0.4) is 0 Å². The van der Waals surface area contributed by atoms with Crippen LogP contribution in [0.4, 0.5) is 0 Å². The van der Waals surface area contributed by atoms with Crippen molar-refractivity contribution in [1.82, 2.24) is 5.32 Å². The molecule has 0 aromatic rings. The van der Waals surface area contributed by atoms with Gasteiger partial charge in [-0.15, -0.1) is 0 Å². The number of aliphatic hydroxyl groups is 1. The molecule has 1 amide bonds.